The fourth-order valence-electron chi connectivity index (χ4n) is 1.40. The number of ether oxygens (including phenoxy) is 1. The van der Waals surface area contributed by atoms with Gasteiger partial charge < -0.3 is 9.84 Å². The summed E-state index contributed by atoms with van der Waals surface area (Å²) in [4.78, 5) is 0. The summed E-state index contributed by atoms with van der Waals surface area (Å²) in [5.74, 6) is 0.0670. The van der Waals surface area contributed by atoms with Crippen LogP contribution in [0.2, 0.25) is 0 Å². The van der Waals surface area contributed by atoms with Crippen LogP contribution >= 0.6 is 0 Å². The molecular formula is C10H18N2O2. The Morgan fingerprint density at radius 3 is 2.64 bits per heavy atom. The Bertz CT molecular complexity index is 296. The van der Waals surface area contributed by atoms with Crippen molar-refractivity contribution in [2.75, 3.05) is 13.7 Å². The van der Waals surface area contributed by atoms with Crippen LogP contribution < -0.4 is 0 Å². The summed E-state index contributed by atoms with van der Waals surface area (Å²) in [6, 6.07) is 1.82. The Labute approximate surface area is 84.5 Å². The first kappa shape index (κ1) is 11.2. The minimum atomic E-state index is -0.990. The van der Waals surface area contributed by atoms with Gasteiger partial charge >= 0.3 is 0 Å². The summed E-state index contributed by atoms with van der Waals surface area (Å²) in [7, 11) is 3.41. The number of aryl methyl sites for hydroxylation is 1. The summed E-state index contributed by atoms with van der Waals surface area (Å²) in [5.41, 5.74) is -0.326. The topological polar surface area (TPSA) is 47.3 Å². The van der Waals surface area contributed by atoms with E-state index in [2.05, 4.69) is 5.10 Å². The van der Waals surface area contributed by atoms with Gasteiger partial charge in [-0.3, -0.25) is 4.68 Å². The van der Waals surface area contributed by atoms with E-state index in [9.17, 15) is 5.11 Å². The average molecular weight is 198 g/mol. The molecule has 0 bridgehead atoms. The zero-order valence-corrected chi connectivity index (χ0v) is 9.19. The second-order valence-corrected chi connectivity index (χ2v) is 3.89. The summed E-state index contributed by atoms with van der Waals surface area (Å²) in [5, 5.41) is 14.6. The van der Waals surface area contributed by atoms with Crippen molar-refractivity contribution >= 4 is 0 Å². The van der Waals surface area contributed by atoms with Crippen molar-refractivity contribution in [2.45, 2.75) is 19.4 Å². The van der Waals surface area contributed by atoms with Crippen molar-refractivity contribution in [1.29, 1.82) is 0 Å². The molecule has 0 spiro atoms. The third-order valence-corrected chi connectivity index (χ3v) is 2.48. The van der Waals surface area contributed by atoms with Gasteiger partial charge in [-0.1, -0.05) is 13.8 Å². The van der Waals surface area contributed by atoms with Crippen molar-refractivity contribution in [3.63, 3.8) is 0 Å². The van der Waals surface area contributed by atoms with Crippen LogP contribution in [0.25, 0.3) is 0 Å². The van der Waals surface area contributed by atoms with Crippen LogP contribution in [0.1, 0.15) is 19.5 Å². The van der Waals surface area contributed by atoms with E-state index in [1.807, 2.05) is 33.2 Å². The molecule has 0 amide bonds. The monoisotopic (exact) mass is 198 g/mol. The quantitative estimate of drug-likeness (QED) is 0.782. The maximum atomic E-state index is 10.4. The maximum Gasteiger partial charge on any atom is 0.134 e. The molecule has 0 aliphatic heterocycles. The molecule has 1 aromatic heterocycles. The molecular weight excluding hydrogens is 180 g/mol. The van der Waals surface area contributed by atoms with Crippen molar-refractivity contribution in [1.82, 2.24) is 9.78 Å². The first-order chi connectivity index (χ1) is 6.50. The predicted octanol–water partition coefficient (Wildman–Crippen LogP) is 0.910. The van der Waals surface area contributed by atoms with Gasteiger partial charge in [0.15, 0.2) is 0 Å². The van der Waals surface area contributed by atoms with Crippen LogP contribution in [0.15, 0.2) is 12.3 Å². The van der Waals surface area contributed by atoms with Crippen LogP contribution in [0.4, 0.5) is 0 Å². The lowest BCUT2D eigenvalue weighted by atomic mass is 9.88. The van der Waals surface area contributed by atoms with Crippen LogP contribution in [0, 0.1) is 5.92 Å². The van der Waals surface area contributed by atoms with Crippen molar-refractivity contribution in [3.05, 3.63) is 18.0 Å². The molecule has 0 radical (unpaired) electrons. The summed E-state index contributed by atoms with van der Waals surface area (Å²) in [6.07, 6.45) is 1.82. The van der Waals surface area contributed by atoms with Crippen molar-refractivity contribution < 1.29 is 9.84 Å². The Hall–Kier alpha value is -0.870. The molecule has 1 rings (SSSR count). The molecule has 0 fully saturated rings. The van der Waals surface area contributed by atoms with E-state index < -0.39 is 5.60 Å². The van der Waals surface area contributed by atoms with E-state index >= 15 is 0 Å². The average Bonchev–Trinajstić information content (AvgIpc) is 2.52. The number of rotatable bonds is 4. The first-order valence-corrected chi connectivity index (χ1v) is 4.72. The Morgan fingerprint density at radius 1 is 1.64 bits per heavy atom. The fourth-order valence-corrected chi connectivity index (χ4v) is 1.40. The van der Waals surface area contributed by atoms with Crippen molar-refractivity contribution in [2.24, 2.45) is 13.0 Å². The molecule has 0 aliphatic rings. The lowest BCUT2D eigenvalue weighted by Gasteiger charge is -2.29. The summed E-state index contributed by atoms with van der Waals surface area (Å²) >= 11 is 0. The Morgan fingerprint density at radius 2 is 2.29 bits per heavy atom. The number of nitrogens with zero attached hydrogens (tertiary/aromatic N) is 2. The third kappa shape index (κ3) is 1.96. The molecule has 1 aromatic rings. The molecule has 0 aromatic carbocycles. The first-order valence-electron chi connectivity index (χ1n) is 4.72. The molecule has 4 nitrogen and oxygen atoms in total. The number of hydrogen-bond donors (Lipinski definition) is 1. The number of aromatic nitrogens is 2. The highest BCUT2D eigenvalue weighted by Crippen LogP contribution is 2.28. The van der Waals surface area contributed by atoms with E-state index in [1.165, 1.54) is 0 Å². The number of aliphatic hydroxyl groups is 1. The van der Waals surface area contributed by atoms with Crippen molar-refractivity contribution in [3.8, 4) is 0 Å². The molecule has 1 heterocycles. The summed E-state index contributed by atoms with van der Waals surface area (Å²) < 4.78 is 6.71. The highest BCUT2D eigenvalue weighted by atomic mass is 16.5. The smallest absolute Gasteiger partial charge is 0.134 e. The van der Waals surface area contributed by atoms with E-state index in [0.717, 1.165) is 0 Å². The Balaban J connectivity index is 2.98. The van der Waals surface area contributed by atoms with Crippen LogP contribution in [-0.2, 0) is 17.4 Å². The molecule has 0 saturated heterocycles. The van der Waals surface area contributed by atoms with Gasteiger partial charge in [0.05, 0.1) is 12.3 Å². The lowest BCUT2D eigenvalue weighted by molar-refractivity contribution is -0.0734. The van der Waals surface area contributed by atoms with E-state index in [1.54, 1.807) is 11.8 Å². The zero-order valence-electron chi connectivity index (χ0n) is 9.19. The Kier molecular flexibility index (Phi) is 3.29. The van der Waals surface area contributed by atoms with Gasteiger partial charge in [0.25, 0.3) is 0 Å². The number of hydrogen-bond acceptors (Lipinski definition) is 3. The third-order valence-electron chi connectivity index (χ3n) is 2.48. The van der Waals surface area contributed by atoms with Gasteiger partial charge in [-0.15, -0.1) is 0 Å². The normalized spacial score (nSPS) is 15.9. The van der Waals surface area contributed by atoms with Gasteiger partial charge in [-0.2, -0.15) is 5.10 Å². The zero-order chi connectivity index (χ0) is 10.8. The fraction of sp³-hybridized carbons (Fsp3) is 0.700. The SMILES string of the molecule is COCC(O)(c1ccn(C)n1)C(C)C. The molecule has 0 aliphatic carbocycles. The standard InChI is InChI=1S/C10H18N2O2/c1-8(2)10(13,7-14-4)9-5-6-12(3)11-9/h5-6,8,13H,7H2,1-4H3. The molecule has 1 N–H and O–H groups in total. The second-order valence-electron chi connectivity index (χ2n) is 3.89. The molecule has 1 atom stereocenters. The summed E-state index contributed by atoms with van der Waals surface area (Å²) in [6.45, 7) is 4.17. The molecule has 0 saturated carbocycles. The number of methoxy groups -OCH3 is 1. The van der Waals surface area contributed by atoms with Gasteiger partial charge in [0.2, 0.25) is 0 Å². The highest BCUT2D eigenvalue weighted by Gasteiger charge is 2.35. The van der Waals surface area contributed by atoms with E-state index in [0.29, 0.717) is 5.69 Å². The predicted molar refractivity (Wildman–Crippen MR) is 53.8 cm³/mol. The molecule has 80 valence electrons. The van der Waals surface area contributed by atoms with Crippen LogP contribution in [-0.4, -0.2) is 28.6 Å². The van der Waals surface area contributed by atoms with Gasteiger partial charge in [0, 0.05) is 20.4 Å². The van der Waals surface area contributed by atoms with Crippen LogP contribution in [0.3, 0.4) is 0 Å². The van der Waals surface area contributed by atoms with Crippen LogP contribution in [0.5, 0.6) is 0 Å². The van der Waals surface area contributed by atoms with E-state index in [-0.39, 0.29) is 12.5 Å². The van der Waals surface area contributed by atoms with Gasteiger partial charge in [0.1, 0.15) is 5.60 Å². The minimum Gasteiger partial charge on any atom is -0.381 e. The van der Waals surface area contributed by atoms with E-state index in [4.69, 9.17) is 4.74 Å². The second kappa shape index (κ2) is 4.11. The molecule has 14 heavy (non-hydrogen) atoms. The van der Waals surface area contributed by atoms with Gasteiger partial charge in [-0.25, -0.2) is 0 Å². The molecule has 1 unspecified atom stereocenters. The molecule has 4 heteroatoms. The largest absolute Gasteiger partial charge is 0.381 e. The lowest BCUT2D eigenvalue weighted by Crippen LogP contribution is -2.37. The minimum absolute atomic E-state index is 0.0670. The maximum absolute atomic E-state index is 10.4. The van der Waals surface area contributed by atoms with Gasteiger partial charge in [-0.05, 0) is 12.0 Å². The highest BCUT2D eigenvalue weighted by molar-refractivity contribution is 5.11.